The topological polar surface area (TPSA) is 80.9 Å². The van der Waals surface area contributed by atoms with Gasteiger partial charge in [0.1, 0.15) is 0 Å². The van der Waals surface area contributed by atoms with Crippen LogP contribution >= 0.6 is 0 Å². The largest absolute Gasteiger partial charge is 0.481 e. The minimum atomic E-state index is -0.814. The lowest BCUT2D eigenvalue weighted by Crippen LogP contribution is -2.26. The summed E-state index contributed by atoms with van der Waals surface area (Å²) < 4.78 is 1.71. The maximum Gasteiger partial charge on any atom is 0.308 e. The number of aliphatic carboxylic acids is 1. The molecular weight excluding hydrogens is 244 g/mol. The first-order valence-electron chi connectivity index (χ1n) is 7.01. The Morgan fingerprint density at radius 2 is 1.95 bits per heavy atom. The highest BCUT2D eigenvalue weighted by atomic mass is 16.4. The smallest absolute Gasteiger partial charge is 0.308 e. The van der Waals surface area contributed by atoms with Gasteiger partial charge in [-0.15, -0.1) is 5.10 Å². The number of tetrazole rings is 1. The van der Waals surface area contributed by atoms with Crippen molar-refractivity contribution >= 4 is 5.97 Å². The van der Waals surface area contributed by atoms with Crippen molar-refractivity contribution in [3.05, 3.63) is 5.82 Å². The molecular formula is C13H22N4O2. The molecule has 2 atom stereocenters. The zero-order valence-corrected chi connectivity index (χ0v) is 11.8. The number of carbonyl (C=O) groups is 1. The standard InChI is InChI=1S/C13H22N4O2/c1-8-4-6-11(7-5-8)12-14-15-16-17(12)10(3)9(2)13(18)19/h8-11H,4-7H2,1-3H3,(H,18,19). The van der Waals surface area contributed by atoms with Crippen LogP contribution in [0.2, 0.25) is 0 Å². The van der Waals surface area contributed by atoms with E-state index < -0.39 is 11.9 Å². The van der Waals surface area contributed by atoms with Gasteiger partial charge in [0.2, 0.25) is 0 Å². The highest BCUT2D eigenvalue weighted by Gasteiger charge is 2.29. The molecule has 0 bridgehead atoms. The molecule has 0 radical (unpaired) electrons. The molecule has 0 saturated heterocycles. The molecule has 0 spiro atoms. The van der Waals surface area contributed by atoms with E-state index >= 15 is 0 Å². The van der Waals surface area contributed by atoms with Gasteiger partial charge in [0.25, 0.3) is 0 Å². The lowest BCUT2D eigenvalue weighted by molar-refractivity contribution is -0.142. The van der Waals surface area contributed by atoms with E-state index in [0.717, 1.165) is 24.6 Å². The van der Waals surface area contributed by atoms with Crippen LogP contribution in [-0.4, -0.2) is 31.3 Å². The fourth-order valence-corrected chi connectivity index (χ4v) is 2.70. The molecule has 1 aliphatic carbocycles. The molecule has 6 nitrogen and oxygen atoms in total. The molecule has 1 heterocycles. The number of nitrogens with zero attached hydrogens (tertiary/aromatic N) is 4. The van der Waals surface area contributed by atoms with Crippen LogP contribution in [0, 0.1) is 11.8 Å². The van der Waals surface area contributed by atoms with Gasteiger partial charge >= 0.3 is 5.97 Å². The minimum absolute atomic E-state index is 0.221. The van der Waals surface area contributed by atoms with E-state index in [2.05, 4.69) is 22.4 Å². The number of aromatic nitrogens is 4. The van der Waals surface area contributed by atoms with Crippen LogP contribution in [0.25, 0.3) is 0 Å². The Morgan fingerprint density at radius 1 is 1.32 bits per heavy atom. The third-order valence-electron chi connectivity index (χ3n) is 4.40. The molecule has 1 aromatic heterocycles. The molecule has 1 aromatic rings. The van der Waals surface area contributed by atoms with Gasteiger partial charge in [0, 0.05) is 5.92 Å². The van der Waals surface area contributed by atoms with Gasteiger partial charge < -0.3 is 5.11 Å². The first-order valence-corrected chi connectivity index (χ1v) is 7.01. The Morgan fingerprint density at radius 3 is 2.53 bits per heavy atom. The van der Waals surface area contributed by atoms with Crippen molar-refractivity contribution < 1.29 is 9.90 Å². The molecule has 0 amide bonds. The molecule has 1 N–H and O–H groups in total. The average molecular weight is 266 g/mol. The first kappa shape index (κ1) is 14.0. The highest BCUT2D eigenvalue weighted by Crippen LogP contribution is 2.35. The van der Waals surface area contributed by atoms with Crippen molar-refractivity contribution in [1.29, 1.82) is 0 Å². The Bertz CT molecular complexity index is 438. The first-order chi connectivity index (χ1) is 9.00. The Hall–Kier alpha value is -1.46. The lowest BCUT2D eigenvalue weighted by atomic mass is 9.82. The van der Waals surface area contributed by atoms with Gasteiger partial charge in [-0.05, 0) is 43.0 Å². The van der Waals surface area contributed by atoms with Crippen molar-refractivity contribution in [2.24, 2.45) is 11.8 Å². The van der Waals surface area contributed by atoms with E-state index in [9.17, 15) is 4.79 Å². The number of carboxylic acid groups (broad SMARTS) is 1. The summed E-state index contributed by atoms with van der Waals surface area (Å²) in [6, 6.07) is -0.221. The Balaban J connectivity index is 2.15. The van der Waals surface area contributed by atoms with Gasteiger partial charge in [0.05, 0.1) is 12.0 Å². The second kappa shape index (κ2) is 5.67. The molecule has 2 rings (SSSR count). The zero-order chi connectivity index (χ0) is 14.0. The van der Waals surface area contributed by atoms with Gasteiger partial charge in [0.15, 0.2) is 5.82 Å². The van der Waals surface area contributed by atoms with Crippen molar-refractivity contribution in [1.82, 2.24) is 20.2 Å². The molecule has 6 heteroatoms. The quantitative estimate of drug-likeness (QED) is 0.904. The fraction of sp³-hybridized carbons (Fsp3) is 0.846. The highest BCUT2D eigenvalue weighted by molar-refractivity contribution is 5.70. The summed E-state index contributed by atoms with van der Waals surface area (Å²) in [6.07, 6.45) is 4.58. The Kier molecular flexibility index (Phi) is 4.17. The monoisotopic (exact) mass is 266 g/mol. The van der Waals surface area contributed by atoms with Gasteiger partial charge in [-0.3, -0.25) is 4.79 Å². The zero-order valence-electron chi connectivity index (χ0n) is 11.8. The van der Waals surface area contributed by atoms with Gasteiger partial charge in [-0.25, -0.2) is 4.68 Å². The molecule has 0 aliphatic heterocycles. The summed E-state index contributed by atoms with van der Waals surface area (Å²) in [5.41, 5.74) is 0. The van der Waals surface area contributed by atoms with Crippen molar-refractivity contribution in [2.45, 2.75) is 58.4 Å². The number of rotatable bonds is 4. The van der Waals surface area contributed by atoms with Crippen LogP contribution in [0.4, 0.5) is 0 Å². The molecule has 1 saturated carbocycles. The number of hydrogen-bond acceptors (Lipinski definition) is 4. The van der Waals surface area contributed by atoms with Crippen LogP contribution in [0.15, 0.2) is 0 Å². The second-order valence-corrected chi connectivity index (χ2v) is 5.81. The molecule has 1 fully saturated rings. The van der Waals surface area contributed by atoms with E-state index in [1.807, 2.05) is 6.92 Å². The summed E-state index contributed by atoms with van der Waals surface area (Å²) in [6.45, 7) is 5.83. The van der Waals surface area contributed by atoms with Crippen LogP contribution in [-0.2, 0) is 4.79 Å². The third kappa shape index (κ3) is 2.93. The van der Waals surface area contributed by atoms with Crippen molar-refractivity contribution in [3.63, 3.8) is 0 Å². The number of hydrogen-bond donors (Lipinski definition) is 1. The molecule has 2 unspecified atom stereocenters. The second-order valence-electron chi connectivity index (χ2n) is 5.81. The van der Waals surface area contributed by atoms with E-state index in [0.29, 0.717) is 5.92 Å². The molecule has 1 aliphatic rings. The van der Waals surface area contributed by atoms with Gasteiger partial charge in [-0.1, -0.05) is 19.8 Å². The van der Waals surface area contributed by atoms with E-state index in [-0.39, 0.29) is 6.04 Å². The van der Waals surface area contributed by atoms with Crippen LogP contribution in [0.3, 0.4) is 0 Å². The van der Waals surface area contributed by atoms with E-state index in [1.165, 1.54) is 12.8 Å². The average Bonchev–Trinajstić information content (AvgIpc) is 2.87. The van der Waals surface area contributed by atoms with Crippen molar-refractivity contribution in [2.75, 3.05) is 0 Å². The summed E-state index contributed by atoms with van der Waals surface area (Å²) in [5.74, 6) is 0.689. The SMILES string of the molecule is CC1CCC(c2nnnn2C(C)C(C)C(=O)O)CC1. The van der Waals surface area contributed by atoms with Crippen molar-refractivity contribution in [3.8, 4) is 0 Å². The third-order valence-corrected chi connectivity index (χ3v) is 4.40. The summed E-state index contributed by atoms with van der Waals surface area (Å²) in [5, 5.41) is 21.0. The summed E-state index contributed by atoms with van der Waals surface area (Å²) in [4.78, 5) is 11.1. The molecule has 19 heavy (non-hydrogen) atoms. The lowest BCUT2D eigenvalue weighted by Gasteiger charge is -2.27. The maximum atomic E-state index is 11.1. The summed E-state index contributed by atoms with van der Waals surface area (Å²) in [7, 11) is 0. The normalized spacial score (nSPS) is 26.9. The minimum Gasteiger partial charge on any atom is -0.481 e. The maximum absolute atomic E-state index is 11.1. The molecule has 106 valence electrons. The Labute approximate surface area is 113 Å². The number of carboxylic acids is 1. The fourth-order valence-electron chi connectivity index (χ4n) is 2.70. The van der Waals surface area contributed by atoms with E-state index in [1.54, 1.807) is 11.6 Å². The predicted octanol–water partition coefficient (Wildman–Crippen LogP) is 2.25. The molecule has 0 aromatic carbocycles. The van der Waals surface area contributed by atoms with Crippen LogP contribution in [0.5, 0.6) is 0 Å². The van der Waals surface area contributed by atoms with Crippen LogP contribution < -0.4 is 0 Å². The summed E-state index contributed by atoms with van der Waals surface area (Å²) >= 11 is 0. The van der Waals surface area contributed by atoms with Crippen LogP contribution in [0.1, 0.15) is 64.2 Å². The predicted molar refractivity (Wildman–Crippen MR) is 69.7 cm³/mol. The van der Waals surface area contributed by atoms with E-state index in [4.69, 9.17) is 5.11 Å². The van der Waals surface area contributed by atoms with Gasteiger partial charge in [-0.2, -0.15) is 0 Å².